The molecule has 4 rings (SSSR count). The monoisotopic (exact) mass is 429 g/mol. The van der Waals surface area contributed by atoms with Gasteiger partial charge in [0.25, 0.3) is 5.91 Å². The summed E-state index contributed by atoms with van der Waals surface area (Å²) in [5.41, 5.74) is 1.60. The molecule has 0 radical (unpaired) electrons. The molecule has 150 valence electrons. The van der Waals surface area contributed by atoms with Crippen LogP contribution in [0.5, 0.6) is 5.75 Å². The van der Waals surface area contributed by atoms with E-state index in [2.05, 4.69) is 0 Å². The van der Waals surface area contributed by atoms with E-state index in [0.29, 0.717) is 33.1 Å². The maximum Gasteiger partial charge on any atom is 0.260 e. The molecule has 1 fully saturated rings. The number of rotatable bonds is 4. The van der Waals surface area contributed by atoms with Gasteiger partial charge in [-0.25, -0.2) is 0 Å². The van der Waals surface area contributed by atoms with Crippen LogP contribution in [-0.4, -0.2) is 42.0 Å². The van der Waals surface area contributed by atoms with Crippen LogP contribution in [0.25, 0.3) is 22.1 Å². The Kier molecular flexibility index (Phi) is 5.83. The van der Waals surface area contributed by atoms with Crippen molar-refractivity contribution in [2.24, 2.45) is 0 Å². The highest BCUT2D eigenvalue weighted by Gasteiger charge is 2.18. The number of halogens is 1. The Morgan fingerprint density at radius 1 is 1.17 bits per heavy atom. The van der Waals surface area contributed by atoms with Crippen LogP contribution in [0.4, 0.5) is 0 Å². The van der Waals surface area contributed by atoms with Crippen LogP contribution in [0, 0.1) is 6.92 Å². The van der Waals surface area contributed by atoms with E-state index in [1.165, 1.54) is 0 Å². The fourth-order valence-electron chi connectivity index (χ4n) is 3.38. The Bertz CT molecular complexity index is 1100. The van der Waals surface area contributed by atoms with Crippen LogP contribution in [0.3, 0.4) is 0 Å². The average molecular weight is 430 g/mol. The van der Waals surface area contributed by atoms with Gasteiger partial charge in [0.15, 0.2) is 6.61 Å². The van der Waals surface area contributed by atoms with Gasteiger partial charge in [0, 0.05) is 35.7 Å². The third-order valence-electron chi connectivity index (χ3n) is 4.90. The molecule has 1 aliphatic heterocycles. The van der Waals surface area contributed by atoms with E-state index in [4.69, 9.17) is 20.8 Å². The number of carbonyl (C=O) groups is 1. The predicted octanol–water partition coefficient (Wildman–Crippen LogP) is 4.38. The maximum absolute atomic E-state index is 13.0. The first-order valence-electron chi connectivity index (χ1n) is 9.34. The van der Waals surface area contributed by atoms with Crippen molar-refractivity contribution in [3.63, 3.8) is 0 Å². The molecule has 0 N–H and O–H groups in total. The van der Waals surface area contributed by atoms with Crippen molar-refractivity contribution in [3.8, 4) is 16.9 Å². The molecule has 2 heterocycles. The van der Waals surface area contributed by atoms with Crippen LogP contribution >= 0.6 is 23.4 Å². The molecule has 1 aromatic heterocycles. The van der Waals surface area contributed by atoms with Gasteiger partial charge in [-0.2, -0.15) is 11.8 Å². The van der Waals surface area contributed by atoms with Crippen molar-refractivity contribution in [3.05, 3.63) is 63.5 Å². The molecular formula is C22H20ClNO4S. The maximum atomic E-state index is 13.0. The van der Waals surface area contributed by atoms with Gasteiger partial charge in [0.2, 0.25) is 5.43 Å². The number of hydrogen-bond acceptors (Lipinski definition) is 5. The fourth-order valence-corrected chi connectivity index (χ4v) is 4.40. The summed E-state index contributed by atoms with van der Waals surface area (Å²) in [5, 5.41) is 1.07. The number of fused-ring (bicyclic) bond motifs is 1. The van der Waals surface area contributed by atoms with Gasteiger partial charge in [-0.1, -0.05) is 23.7 Å². The van der Waals surface area contributed by atoms with Crippen molar-refractivity contribution in [2.45, 2.75) is 6.92 Å². The zero-order chi connectivity index (χ0) is 20.4. The van der Waals surface area contributed by atoms with Gasteiger partial charge in [0.05, 0.1) is 10.9 Å². The molecule has 2 aromatic carbocycles. The lowest BCUT2D eigenvalue weighted by Crippen LogP contribution is -2.40. The summed E-state index contributed by atoms with van der Waals surface area (Å²) in [7, 11) is 0. The number of hydrogen-bond donors (Lipinski definition) is 0. The zero-order valence-corrected chi connectivity index (χ0v) is 17.5. The summed E-state index contributed by atoms with van der Waals surface area (Å²) in [5.74, 6) is 2.91. The summed E-state index contributed by atoms with van der Waals surface area (Å²) in [6, 6.07) is 12.1. The molecule has 0 spiro atoms. The Balaban J connectivity index is 1.58. The lowest BCUT2D eigenvalue weighted by Gasteiger charge is -2.26. The van der Waals surface area contributed by atoms with Gasteiger partial charge in [-0.05, 0) is 36.8 Å². The lowest BCUT2D eigenvalue weighted by atomic mass is 10.0. The zero-order valence-electron chi connectivity index (χ0n) is 15.9. The van der Waals surface area contributed by atoms with Crippen LogP contribution < -0.4 is 10.2 Å². The predicted molar refractivity (Wildman–Crippen MR) is 117 cm³/mol. The Hall–Kier alpha value is -2.44. The minimum absolute atomic E-state index is 0.0255. The standard InChI is InChI=1S/C22H20ClNO4S/c1-14-21(15-2-4-16(23)5-3-15)22(26)18-7-6-17(12-19(18)28-14)27-13-20(25)24-8-10-29-11-9-24/h2-7,12H,8-11,13H2,1H3. The third kappa shape index (κ3) is 4.28. The number of thioether (sulfide) groups is 1. The average Bonchev–Trinajstić information content (AvgIpc) is 2.73. The molecule has 0 unspecified atom stereocenters. The minimum atomic E-state index is -0.112. The van der Waals surface area contributed by atoms with Crippen molar-refractivity contribution in [1.29, 1.82) is 0 Å². The lowest BCUT2D eigenvalue weighted by molar-refractivity contribution is -0.132. The largest absolute Gasteiger partial charge is 0.484 e. The Labute approximate surface area is 177 Å². The molecule has 7 heteroatoms. The van der Waals surface area contributed by atoms with Crippen molar-refractivity contribution in [2.75, 3.05) is 31.2 Å². The molecule has 5 nitrogen and oxygen atoms in total. The molecule has 0 aliphatic carbocycles. The quantitative estimate of drug-likeness (QED) is 0.616. The highest BCUT2D eigenvalue weighted by Crippen LogP contribution is 2.27. The summed E-state index contributed by atoms with van der Waals surface area (Å²) in [6.07, 6.45) is 0. The van der Waals surface area contributed by atoms with Gasteiger partial charge >= 0.3 is 0 Å². The van der Waals surface area contributed by atoms with E-state index in [9.17, 15) is 9.59 Å². The van der Waals surface area contributed by atoms with Crippen molar-refractivity contribution >= 4 is 40.2 Å². The smallest absolute Gasteiger partial charge is 0.260 e. The molecular weight excluding hydrogens is 410 g/mol. The summed E-state index contributed by atoms with van der Waals surface area (Å²) in [4.78, 5) is 27.1. The summed E-state index contributed by atoms with van der Waals surface area (Å²) >= 11 is 7.80. The number of amides is 1. The second-order valence-corrected chi connectivity index (χ2v) is 8.47. The Morgan fingerprint density at radius 2 is 1.90 bits per heavy atom. The van der Waals surface area contributed by atoms with E-state index in [1.807, 2.05) is 16.7 Å². The second kappa shape index (κ2) is 8.51. The van der Waals surface area contributed by atoms with E-state index in [-0.39, 0.29) is 17.9 Å². The van der Waals surface area contributed by atoms with E-state index < -0.39 is 0 Å². The fraction of sp³-hybridized carbons (Fsp3) is 0.273. The first kappa shape index (κ1) is 19.9. The van der Waals surface area contributed by atoms with Crippen LogP contribution in [0.1, 0.15) is 5.76 Å². The first-order chi connectivity index (χ1) is 14.0. The van der Waals surface area contributed by atoms with Crippen molar-refractivity contribution in [1.82, 2.24) is 4.90 Å². The van der Waals surface area contributed by atoms with Crippen LogP contribution in [-0.2, 0) is 4.79 Å². The number of benzene rings is 2. The van der Waals surface area contributed by atoms with E-state index in [0.717, 1.165) is 30.2 Å². The molecule has 1 saturated heterocycles. The molecule has 29 heavy (non-hydrogen) atoms. The number of aryl methyl sites for hydroxylation is 1. The molecule has 0 saturated carbocycles. The van der Waals surface area contributed by atoms with Crippen LogP contribution in [0.15, 0.2) is 51.7 Å². The van der Waals surface area contributed by atoms with Gasteiger partial charge in [-0.15, -0.1) is 0 Å². The second-order valence-electron chi connectivity index (χ2n) is 6.81. The molecule has 1 aliphatic rings. The van der Waals surface area contributed by atoms with Crippen LogP contribution in [0.2, 0.25) is 5.02 Å². The van der Waals surface area contributed by atoms with E-state index in [1.54, 1.807) is 49.4 Å². The Morgan fingerprint density at radius 3 is 2.62 bits per heavy atom. The first-order valence-corrected chi connectivity index (χ1v) is 10.9. The summed E-state index contributed by atoms with van der Waals surface area (Å²) < 4.78 is 11.6. The van der Waals surface area contributed by atoms with Gasteiger partial charge in [-0.3, -0.25) is 9.59 Å². The SMILES string of the molecule is Cc1oc2cc(OCC(=O)N3CCSCC3)ccc2c(=O)c1-c1ccc(Cl)cc1. The van der Waals surface area contributed by atoms with Gasteiger partial charge < -0.3 is 14.1 Å². The number of carbonyl (C=O) groups excluding carboxylic acids is 1. The number of ether oxygens (including phenoxy) is 1. The van der Waals surface area contributed by atoms with Crippen molar-refractivity contribution < 1.29 is 13.9 Å². The molecule has 1 amide bonds. The third-order valence-corrected chi connectivity index (χ3v) is 6.09. The topological polar surface area (TPSA) is 59.8 Å². The highest BCUT2D eigenvalue weighted by atomic mass is 35.5. The number of nitrogens with zero attached hydrogens (tertiary/aromatic N) is 1. The molecule has 0 bridgehead atoms. The normalized spacial score (nSPS) is 14.2. The molecule has 0 atom stereocenters. The van der Waals surface area contributed by atoms with E-state index >= 15 is 0 Å². The minimum Gasteiger partial charge on any atom is -0.484 e. The highest BCUT2D eigenvalue weighted by molar-refractivity contribution is 7.99. The molecule has 3 aromatic rings. The summed E-state index contributed by atoms with van der Waals surface area (Å²) in [6.45, 7) is 3.25. The van der Waals surface area contributed by atoms with Gasteiger partial charge in [0.1, 0.15) is 17.1 Å².